The Kier molecular flexibility index (Phi) is 6.71. The molecule has 0 bridgehead atoms. The maximum atomic E-state index is 5.94. The molecule has 0 radical (unpaired) electrons. The van der Waals surface area contributed by atoms with Crippen LogP contribution in [0.5, 0.6) is 0 Å². The Morgan fingerprint density at radius 3 is 1.79 bits per heavy atom. The molecule has 0 atom stereocenters. The van der Waals surface area contributed by atoms with Crippen LogP contribution in [0.1, 0.15) is 93.2 Å². The van der Waals surface area contributed by atoms with Gasteiger partial charge in [0.2, 0.25) is 0 Å². The zero-order valence-corrected chi connectivity index (χ0v) is 31.3. The molecule has 0 fully saturated rings. The zero-order chi connectivity index (χ0) is 30.7. The molecule has 2 aliphatic carbocycles. The van der Waals surface area contributed by atoms with E-state index in [2.05, 4.69) is 149 Å². The third kappa shape index (κ3) is 4.28. The van der Waals surface area contributed by atoms with E-state index < -0.39 is 15.1 Å². The quantitative estimate of drug-likeness (QED) is 0.123. The summed E-state index contributed by atoms with van der Waals surface area (Å²) in [6.45, 7) is 18.1. The summed E-state index contributed by atoms with van der Waals surface area (Å²) in [5, 5.41) is 0. The minimum atomic E-state index is -5.74. The Hall–Kier alpha value is -2.38. The van der Waals surface area contributed by atoms with E-state index in [1.807, 2.05) is 0 Å². The van der Waals surface area contributed by atoms with Gasteiger partial charge in [0, 0.05) is 0 Å². The Balaban J connectivity index is 2.02. The molecule has 0 spiro atoms. The fourth-order valence-corrected chi connectivity index (χ4v) is 47.0. The van der Waals surface area contributed by atoms with Gasteiger partial charge in [-0.25, -0.2) is 0 Å². The number of hydrogen-bond acceptors (Lipinski definition) is 0. The van der Waals surface area contributed by atoms with E-state index >= 15 is 0 Å². The summed E-state index contributed by atoms with van der Waals surface area (Å²) in [6.07, 6.45) is 13.6. The van der Waals surface area contributed by atoms with Gasteiger partial charge >= 0.3 is 252 Å². The van der Waals surface area contributed by atoms with Crippen molar-refractivity contribution in [3.63, 3.8) is 0 Å². The molecule has 42 heavy (non-hydrogen) atoms. The Morgan fingerprint density at radius 1 is 0.786 bits per heavy atom. The van der Waals surface area contributed by atoms with Gasteiger partial charge in [0.1, 0.15) is 0 Å². The van der Waals surface area contributed by atoms with Gasteiger partial charge in [-0.3, -0.25) is 0 Å². The summed E-state index contributed by atoms with van der Waals surface area (Å²) in [5.41, 5.74) is 8.72. The molecule has 3 aromatic carbocycles. The standard InChI is InChI=1S/C21H25.C6H5.C6H11.C5H5.2CH3.CH2.Hf/c1-20(2,3)16-7-9-18-14(12-16)11-15-13-17(21(4,5)6)8-10-19(15)18;1-2-4-6-5-3-1;1-3-5-6-4-2;1-2-4-5-3-1;;;;/h7-13H,1-6H3;1-5H;3H,1-2,4-6H2;1-3H,4H2;2*1H3;1H2;. The van der Waals surface area contributed by atoms with Crippen molar-refractivity contribution in [3.05, 3.63) is 123 Å². The van der Waals surface area contributed by atoms with Crippen LogP contribution in [0.25, 0.3) is 11.1 Å². The van der Waals surface area contributed by atoms with Gasteiger partial charge in [0.25, 0.3) is 0 Å². The summed E-state index contributed by atoms with van der Waals surface area (Å²) in [6, 6.07) is 26.4. The first kappa shape index (κ1) is 31.1. The van der Waals surface area contributed by atoms with E-state index in [0.29, 0.717) is 0 Å². The van der Waals surface area contributed by atoms with E-state index in [9.17, 15) is 0 Å². The molecule has 0 saturated carbocycles. The van der Waals surface area contributed by atoms with Crippen LogP contribution in [-0.2, 0) is 25.9 Å². The van der Waals surface area contributed by atoms with Crippen LogP contribution in [0, 0.1) is 0 Å². The monoisotopic (exact) mass is 726 g/mol. The number of hydrogen-bond donors (Lipinski definition) is 0. The molecule has 0 saturated heterocycles. The zero-order valence-electron chi connectivity index (χ0n) is 27.7. The molecule has 0 amide bonds. The van der Waals surface area contributed by atoms with E-state index in [1.54, 1.807) is 3.33 Å². The predicted molar refractivity (Wildman–Crippen MR) is 187 cm³/mol. The van der Waals surface area contributed by atoms with Gasteiger partial charge in [0.15, 0.2) is 0 Å². The maximum absolute atomic E-state index is 5.94. The molecular formula is C41H54Hf. The van der Waals surface area contributed by atoms with Crippen molar-refractivity contribution in [2.75, 3.05) is 0 Å². The van der Waals surface area contributed by atoms with Crippen LogP contribution < -0.4 is 3.32 Å². The van der Waals surface area contributed by atoms with Crippen molar-refractivity contribution < 1.29 is 15.1 Å². The topological polar surface area (TPSA) is 0 Å². The molecule has 222 valence electrons. The van der Waals surface area contributed by atoms with Crippen molar-refractivity contribution in [1.82, 2.24) is 0 Å². The molecule has 0 heterocycles. The number of unbranched alkanes of at least 4 members (excludes halogenated alkanes) is 2. The van der Waals surface area contributed by atoms with E-state index in [-0.39, 0.29) is 14.5 Å². The molecule has 2 aliphatic rings. The van der Waals surface area contributed by atoms with Crippen LogP contribution in [0.3, 0.4) is 0 Å². The van der Waals surface area contributed by atoms with Gasteiger partial charge in [0.05, 0.1) is 0 Å². The van der Waals surface area contributed by atoms with Gasteiger partial charge in [-0.05, 0) is 0 Å². The summed E-state index contributed by atoms with van der Waals surface area (Å²) in [5.74, 6) is 0. The molecule has 0 nitrogen and oxygen atoms in total. The second-order valence-electron chi connectivity index (χ2n) is 18.0. The average Bonchev–Trinajstić information content (AvgIpc) is 3.59. The Morgan fingerprint density at radius 2 is 1.33 bits per heavy atom. The van der Waals surface area contributed by atoms with Crippen LogP contribution in [-0.4, -0.2) is 4.26 Å². The van der Waals surface area contributed by atoms with E-state index in [0.717, 1.165) is 29.9 Å². The minimum absolute atomic E-state index is 0.0584. The summed E-state index contributed by atoms with van der Waals surface area (Å²) in [7, 11) is 0. The van der Waals surface area contributed by atoms with Crippen molar-refractivity contribution in [2.45, 2.75) is 95.3 Å². The van der Waals surface area contributed by atoms with Gasteiger partial charge in [-0.1, -0.05) is 0 Å². The molecule has 5 rings (SSSR count). The molecule has 0 N–H and O–H groups in total. The number of rotatable bonds is 8. The molecular weight excluding hydrogens is 671 g/mol. The fraction of sp³-hybridized carbons (Fsp3) is 0.390. The summed E-state index contributed by atoms with van der Waals surface area (Å²) >= 11 is -5.74. The first-order chi connectivity index (χ1) is 19.4. The molecule has 0 unspecified atom stereocenters. The molecule has 1 heteroatoms. The predicted octanol–water partition coefficient (Wildman–Crippen LogP) is 11.6. The Bertz CT molecular complexity index is 1690. The van der Waals surface area contributed by atoms with Gasteiger partial charge in [-0.15, -0.1) is 0 Å². The van der Waals surface area contributed by atoms with Crippen LogP contribution >= 0.6 is 0 Å². The van der Waals surface area contributed by atoms with Crippen LogP contribution in [0.2, 0.25) is 13.5 Å². The number of allylic oxidation sites excluding steroid dienone is 5. The number of benzene rings is 3. The second-order valence-corrected chi connectivity index (χ2v) is 64.2. The van der Waals surface area contributed by atoms with E-state index in [4.69, 9.17) is 4.26 Å². The van der Waals surface area contributed by atoms with Gasteiger partial charge < -0.3 is 0 Å². The van der Waals surface area contributed by atoms with Crippen molar-refractivity contribution in [3.8, 4) is 11.1 Å². The summed E-state index contributed by atoms with van der Waals surface area (Å²) in [4.78, 5) is 0. The van der Waals surface area contributed by atoms with Crippen LogP contribution in [0.15, 0.2) is 101 Å². The third-order valence-corrected chi connectivity index (χ3v) is 54.8. The molecule has 0 aromatic heterocycles. The SMILES string of the molecule is C=CCCC[CH2][Hf](=[CH2])([CH3])([CH3])([C]1=CC=CC1)([c]1ccccc1)[CH]1c2cc(C(C)(C)C)ccc2-c2ccc(C(C)(C)C)cc21. The fourth-order valence-electron chi connectivity index (χ4n) is 9.19. The summed E-state index contributed by atoms with van der Waals surface area (Å²) < 4.78 is 15.8. The first-order valence-electron chi connectivity index (χ1n) is 16.2. The Labute approximate surface area is 250 Å². The molecule has 0 aliphatic heterocycles. The third-order valence-electron chi connectivity index (χ3n) is 12.2. The van der Waals surface area contributed by atoms with Gasteiger partial charge in [-0.2, -0.15) is 0 Å². The first-order valence-corrected chi connectivity index (χ1v) is 34.2. The molecule has 3 aromatic rings. The van der Waals surface area contributed by atoms with Crippen molar-refractivity contribution in [1.29, 1.82) is 0 Å². The second kappa shape index (κ2) is 9.07. The normalized spacial score (nSPS) is 17.9. The van der Waals surface area contributed by atoms with Crippen LogP contribution in [0.4, 0.5) is 0 Å². The van der Waals surface area contributed by atoms with Crippen molar-refractivity contribution >= 4 is 7.58 Å². The average molecular weight is 725 g/mol. The number of fused-ring (bicyclic) bond motifs is 3. The van der Waals surface area contributed by atoms with E-state index in [1.165, 1.54) is 36.7 Å². The van der Waals surface area contributed by atoms with Crippen molar-refractivity contribution in [2.24, 2.45) is 0 Å².